The molecule has 1 N–H and O–H groups in total. The van der Waals surface area contributed by atoms with Crippen LogP contribution in [0, 0.1) is 5.92 Å². The molecule has 0 unspecified atom stereocenters. The molecule has 0 heterocycles. The highest BCUT2D eigenvalue weighted by Gasteiger charge is 2.40. The second-order valence-electron chi connectivity index (χ2n) is 6.97. The van der Waals surface area contributed by atoms with Crippen molar-refractivity contribution >= 4 is 22.6 Å². The van der Waals surface area contributed by atoms with Gasteiger partial charge in [0.05, 0.1) is 0 Å². The zero-order chi connectivity index (χ0) is 20.5. The highest BCUT2D eigenvalue weighted by Crippen LogP contribution is 2.36. The van der Waals surface area contributed by atoms with Gasteiger partial charge in [0.1, 0.15) is 17.9 Å². The normalized spacial score (nSPS) is 15.3. The second kappa shape index (κ2) is 7.69. The lowest BCUT2D eigenvalue weighted by Gasteiger charge is -2.30. The molecule has 1 aliphatic carbocycles. The zero-order valence-electron chi connectivity index (χ0n) is 15.2. The summed E-state index contributed by atoms with van der Waals surface area (Å²) in [7, 11) is 0. The number of esters is 1. The fourth-order valence-corrected chi connectivity index (χ4v) is 3.19. The fourth-order valence-electron chi connectivity index (χ4n) is 3.19. The van der Waals surface area contributed by atoms with Crippen LogP contribution in [0.15, 0.2) is 36.4 Å². The summed E-state index contributed by atoms with van der Waals surface area (Å²) in [5, 5.41) is 11.4. The molecular weight excluding hydrogens is 375 g/mol. The minimum Gasteiger partial charge on any atom is -0.506 e. The van der Waals surface area contributed by atoms with Crippen LogP contribution >= 0.6 is 0 Å². The first-order chi connectivity index (χ1) is 13.2. The van der Waals surface area contributed by atoms with Gasteiger partial charge < -0.3 is 14.7 Å². The predicted molar refractivity (Wildman–Crippen MR) is 95.8 cm³/mol. The lowest BCUT2D eigenvalue weighted by Crippen LogP contribution is -2.47. The van der Waals surface area contributed by atoms with Gasteiger partial charge in [-0.15, -0.1) is 0 Å². The summed E-state index contributed by atoms with van der Waals surface area (Å²) in [6.45, 7) is -0.640. The lowest BCUT2D eigenvalue weighted by molar-refractivity contribution is -0.167. The molecule has 0 aliphatic heterocycles. The maximum absolute atomic E-state index is 12.8. The maximum atomic E-state index is 12.8. The molecule has 0 aromatic heterocycles. The number of fused-ring (bicyclic) bond motifs is 1. The van der Waals surface area contributed by atoms with Gasteiger partial charge in [0, 0.05) is 11.4 Å². The molecule has 1 atom stereocenters. The van der Waals surface area contributed by atoms with E-state index in [1.54, 1.807) is 37.3 Å². The monoisotopic (exact) mass is 395 g/mol. The first-order valence-corrected chi connectivity index (χ1v) is 8.91. The van der Waals surface area contributed by atoms with Gasteiger partial charge in [0.15, 0.2) is 6.61 Å². The molecule has 1 saturated carbocycles. The Bertz CT molecular complexity index is 893. The number of amides is 1. The highest BCUT2D eigenvalue weighted by molar-refractivity contribution is 6.01. The first kappa shape index (κ1) is 20.0. The van der Waals surface area contributed by atoms with E-state index in [-0.39, 0.29) is 17.2 Å². The molecule has 1 fully saturated rings. The Morgan fingerprint density at radius 1 is 1.21 bits per heavy atom. The number of rotatable bonds is 6. The van der Waals surface area contributed by atoms with Crippen molar-refractivity contribution in [3.05, 3.63) is 42.0 Å². The summed E-state index contributed by atoms with van der Waals surface area (Å²) in [5.74, 6) is -2.14. The van der Waals surface area contributed by atoms with Gasteiger partial charge in [-0.05, 0) is 37.1 Å². The maximum Gasteiger partial charge on any atom is 0.406 e. The number of alkyl halides is 3. The van der Waals surface area contributed by atoms with Gasteiger partial charge in [-0.3, -0.25) is 4.79 Å². The van der Waals surface area contributed by atoms with Crippen molar-refractivity contribution in [2.75, 3.05) is 13.2 Å². The van der Waals surface area contributed by atoms with E-state index in [2.05, 4.69) is 0 Å². The average Bonchev–Trinajstić information content (AvgIpc) is 3.48. The number of carbonyl (C=O) groups excluding carboxylic acids is 2. The Morgan fingerprint density at radius 3 is 2.54 bits per heavy atom. The van der Waals surface area contributed by atoms with Crippen molar-refractivity contribution in [3.63, 3.8) is 0 Å². The van der Waals surface area contributed by atoms with Crippen LogP contribution in [-0.2, 0) is 9.53 Å². The topological polar surface area (TPSA) is 66.8 Å². The summed E-state index contributed by atoms with van der Waals surface area (Å²) in [6.07, 6.45) is -3.00. The molecule has 0 bridgehead atoms. The third kappa shape index (κ3) is 4.55. The fraction of sp³-hybridized carbons (Fsp3) is 0.400. The van der Waals surface area contributed by atoms with E-state index in [1.165, 1.54) is 6.07 Å². The quantitative estimate of drug-likeness (QED) is 0.754. The van der Waals surface area contributed by atoms with Crippen molar-refractivity contribution in [1.29, 1.82) is 0 Å². The van der Waals surface area contributed by atoms with Gasteiger partial charge in [0.2, 0.25) is 0 Å². The van der Waals surface area contributed by atoms with Crippen molar-refractivity contribution in [3.8, 4) is 5.75 Å². The summed E-state index contributed by atoms with van der Waals surface area (Å²) in [4.78, 5) is 25.3. The molecule has 3 rings (SSSR count). The van der Waals surface area contributed by atoms with Gasteiger partial charge in [-0.25, -0.2) is 4.79 Å². The molecule has 2 aromatic carbocycles. The van der Waals surface area contributed by atoms with E-state index in [0.717, 1.165) is 12.8 Å². The van der Waals surface area contributed by atoms with Crippen LogP contribution < -0.4 is 0 Å². The lowest BCUT2D eigenvalue weighted by atomic mass is 10.1. The van der Waals surface area contributed by atoms with E-state index in [4.69, 9.17) is 4.74 Å². The van der Waals surface area contributed by atoms with E-state index in [0.29, 0.717) is 15.7 Å². The molecule has 0 radical (unpaired) electrons. The number of aromatic hydroxyl groups is 1. The SMILES string of the molecule is C[C@H](C1CC1)N(CC(F)(F)F)C(=O)COC(=O)c1ccc2ccccc2c1O. The summed E-state index contributed by atoms with van der Waals surface area (Å²) < 4.78 is 43.4. The molecule has 8 heteroatoms. The Kier molecular flexibility index (Phi) is 5.49. The number of hydrogen-bond donors (Lipinski definition) is 1. The van der Waals surface area contributed by atoms with Gasteiger partial charge in [-0.1, -0.05) is 30.3 Å². The molecule has 150 valence electrons. The van der Waals surface area contributed by atoms with Crippen LogP contribution in [0.5, 0.6) is 5.75 Å². The van der Waals surface area contributed by atoms with Crippen LogP contribution in [-0.4, -0.2) is 47.3 Å². The molecular formula is C20H20F3NO4. The number of halogens is 3. The van der Waals surface area contributed by atoms with Crippen molar-refractivity contribution in [2.45, 2.75) is 32.0 Å². The molecule has 5 nitrogen and oxygen atoms in total. The third-order valence-corrected chi connectivity index (χ3v) is 4.91. The average molecular weight is 395 g/mol. The van der Waals surface area contributed by atoms with Crippen molar-refractivity contribution < 1.29 is 32.6 Å². The van der Waals surface area contributed by atoms with Crippen molar-refractivity contribution in [1.82, 2.24) is 4.90 Å². The molecule has 1 aliphatic rings. The van der Waals surface area contributed by atoms with Gasteiger partial charge in [0.25, 0.3) is 5.91 Å². The van der Waals surface area contributed by atoms with Crippen LogP contribution in [0.25, 0.3) is 10.8 Å². The Hall–Kier alpha value is -2.77. The van der Waals surface area contributed by atoms with Crippen molar-refractivity contribution in [2.24, 2.45) is 5.92 Å². The number of carbonyl (C=O) groups is 2. The highest BCUT2D eigenvalue weighted by atomic mass is 19.4. The van der Waals surface area contributed by atoms with Crippen LogP contribution in [0.3, 0.4) is 0 Å². The Labute approximate surface area is 159 Å². The number of hydrogen-bond acceptors (Lipinski definition) is 4. The number of phenols is 1. The van der Waals surface area contributed by atoms with E-state index in [9.17, 15) is 27.9 Å². The molecule has 0 spiro atoms. The molecule has 1 amide bonds. The standard InChI is InChI=1S/C20H20F3NO4/c1-12(13-6-7-13)24(11-20(21,22)23)17(25)10-28-19(27)16-9-8-14-4-2-3-5-15(14)18(16)26/h2-5,8-9,12-13,26H,6-7,10-11H2,1H3/t12-/m1/s1. The number of benzene rings is 2. The molecule has 0 saturated heterocycles. The number of phenolic OH excluding ortho intramolecular Hbond substituents is 1. The largest absolute Gasteiger partial charge is 0.506 e. The zero-order valence-corrected chi connectivity index (χ0v) is 15.2. The minimum absolute atomic E-state index is 0.0338. The number of nitrogens with zero attached hydrogens (tertiary/aromatic N) is 1. The second-order valence-corrected chi connectivity index (χ2v) is 6.97. The number of ether oxygens (including phenoxy) is 1. The minimum atomic E-state index is -4.54. The first-order valence-electron chi connectivity index (χ1n) is 8.91. The molecule has 2 aromatic rings. The molecule has 28 heavy (non-hydrogen) atoms. The third-order valence-electron chi connectivity index (χ3n) is 4.91. The predicted octanol–water partition coefficient (Wildman–Crippen LogP) is 3.89. The summed E-state index contributed by atoms with van der Waals surface area (Å²) in [5.41, 5.74) is -0.149. The Balaban J connectivity index is 1.70. The summed E-state index contributed by atoms with van der Waals surface area (Å²) in [6, 6.07) is 9.21. The van der Waals surface area contributed by atoms with E-state index in [1.807, 2.05) is 0 Å². The van der Waals surface area contributed by atoms with Crippen LogP contribution in [0.1, 0.15) is 30.1 Å². The van der Waals surface area contributed by atoms with Crippen LogP contribution in [0.4, 0.5) is 13.2 Å². The smallest absolute Gasteiger partial charge is 0.406 e. The summed E-state index contributed by atoms with van der Waals surface area (Å²) >= 11 is 0. The van der Waals surface area contributed by atoms with Gasteiger partial charge >= 0.3 is 12.1 Å². The van der Waals surface area contributed by atoms with E-state index >= 15 is 0 Å². The van der Waals surface area contributed by atoms with E-state index < -0.39 is 37.2 Å². The van der Waals surface area contributed by atoms with Crippen LogP contribution in [0.2, 0.25) is 0 Å². The Morgan fingerprint density at radius 2 is 1.89 bits per heavy atom. The van der Waals surface area contributed by atoms with Gasteiger partial charge in [-0.2, -0.15) is 13.2 Å².